The minimum Gasteiger partial charge on any atom is -0.481 e. The lowest BCUT2D eigenvalue weighted by Crippen LogP contribution is -2.06. The fraction of sp³-hybridized carbons (Fsp3) is 0.419. The molecule has 1 atom stereocenters. The number of ether oxygens (including phenoxy) is 1. The summed E-state index contributed by atoms with van der Waals surface area (Å²) >= 11 is 1.69. The van der Waals surface area contributed by atoms with Gasteiger partial charge in [0.15, 0.2) is 0 Å². The van der Waals surface area contributed by atoms with Gasteiger partial charge < -0.3 is 9.84 Å². The SMILES string of the molecule is Cc1cc(COc2cc3c(cn2)C(CC(=O)O)CS3)cc(-c2c(C)cc(C3CCCCC3)cc2C)c1. The molecular formula is C31H35NO3S. The maximum Gasteiger partial charge on any atom is 0.303 e. The molecule has 1 saturated carbocycles. The van der Waals surface area contributed by atoms with E-state index in [0.717, 1.165) is 21.8 Å². The van der Waals surface area contributed by atoms with Crippen molar-refractivity contribution in [3.8, 4) is 17.0 Å². The molecule has 2 aromatic carbocycles. The number of aromatic nitrogens is 1. The molecule has 1 N–H and O–H groups in total. The van der Waals surface area contributed by atoms with Gasteiger partial charge in [-0.15, -0.1) is 11.8 Å². The molecule has 3 aromatic rings. The molecule has 1 unspecified atom stereocenters. The summed E-state index contributed by atoms with van der Waals surface area (Å²) in [6.07, 6.45) is 8.67. The Bertz CT molecular complexity index is 1260. The lowest BCUT2D eigenvalue weighted by molar-refractivity contribution is -0.137. The van der Waals surface area contributed by atoms with Crippen LogP contribution in [0.25, 0.3) is 11.1 Å². The number of rotatable bonds is 7. The smallest absolute Gasteiger partial charge is 0.303 e. The van der Waals surface area contributed by atoms with Crippen molar-refractivity contribution in [2.75, 3.05) is 5.75 Å². The minimum absolute atomic E-state index is 0.0272. The number of fused-ring (bicyclic) bond motifs is 1. The van der Waals surface area contributed by atoms with Gasteiger partial charge in [0.05, 0.1) is 6.42 Å². The van der Waals surface area contributed by atoms with E-state index in [9.17, 15) is 4.79 Å². The first-order valence-corrected chi connectivity index (χ1v) is 14.1. The van der Waals surface area contributed by atoms with Crippen LogP contribution in [-0.2, 0) is 11.4 Å². The summed E-state index contributed by atoms with van der Waals surface area (Å²) < 4.78 is 6.10. The third kappa shape index (κ3) is 5.46. The number of aryl methyl sites for hydroxylation is 3. The molecule has 2 heterocycles. The van der Waals surface area contributed by atoms with Crippen LogP contribution in [0.1, 0.15) is 83.7 Å². The molecule has 0 spiro atoms. The number of hydrogen-bond acceptors (Lipinski definition) is 4. The molecule has 1 aromatic heterocycles. The van der Waals surface area contributed by atoms with Gasteiger partial charge in [-0.2, -0.15) is 0 Å². The van der Waals surface area contributed by atoms with Gasteiger partial charge in [0.1, 0.15) is 6.61 Å². The van der Waals surface area contributed by atoms with Crippen LogP contribution in [0.15, 0.2) is 47.5 Å². The molecule has 5 rings (SSSR count). The minimum atomic E-state index is -0.766. The molecular weight excluding hydrogens is 466 g/mol. The zero-order valence-corrected chi connectivity index (χ0v) is 22.3. The molecule has 0 bridgehead atoms. The number of pyridine rings is 1. The first-order chi connectivity index (χ1) is 17.4. The fourth-order valence-corrected chi connectivity index (χ4v) is 7.22. The zero-order valence-electron chi connectivity index (χ0n) is 21.5. The number of hydrogen-bond donors (Lipinski definition) is 1. The van der Waals surface area contributed by atoms with Crippen LogP contribution in [0.5, 0.6) is 5.88 Å². The van der Waals surface area contributed by atoms with E-state index in [0.29, 0.717) is 18.4 Å². The largest absolute Gasteiger partial charge is 0.481 e. The second-order valence-corrected chi connectivity index (χ2v) is 11.6. The monoisotopic (exact) mass is 501 g/mol. The molecule has 0 amide bonds. The van der Waals surface area contributed by atoms with Gasteiger partial charge in [0.25, 0.3) is 0 Å². The normalized spacial score (nSPS) is 17.7. The van der Waals surface area contributed by atoms with Crippen molar-refractivity contribution in [2.24, 2.45) is 0 Å². The van der Waals surface area contributed by atoms with Gasteiger partial charge >= 0.3 is 5.97 Å². The van der Waals surface area contributed by atoms with Crippen molar-refractivity contribution in [1.29, 1.82) is 0 Å². The summed E-state index contributed by atoms with van der Waals surface area (Å²) in [5.41, 5.74) is 10.1. The lowest BCUT2D eigenvalue weighted by atomic mass is 9.81. The Morgan fingerprint density at radius 3 is 2.50 bits per heavy atom. The Morgan fingerprint density at radius 1 is 1.03 bits per heavy atom. The molecule has 188 valence electrons. The average Bonchev–Trinajstić information content (AvgIpc) is 3.24. The molecule has 1 aliphatic heterocycles. The van der Waals surface area contributed by atoms with Crippen molar-refractivity contribution >= 4 is 17.7 Å². The molecule has 4 nitrogen and oxygen atoms in total. The van der Waals surface area contributed by atoms with Crippen molar-refractivity contribution < 1.29 is 14.6 Å². The zero-order chi connectivity index (χ0) is 25.2. The highest BCUT2D eigenvalue weighted by molar-refractivity contribution is 7.99. The number of benzene rings is 2. The maximum absolute atomic E-state index is 11.1. The van der Waals surface area contributed by atoms with E-state index < -0.39 is 5.97 Å². The number of nitrogens with zero attached hydrogens (tertiary/aromatic N) is 1. The van der Waals surface area contributed by atoms with Crippen LogP contribution in [0.3, 0.4) is 0 Å². The summed E-state index contributed by atoms with van der Waals surface area (Å²) in [4.78, 5) is 16.7. The third-order valence-corrected chi connectivity index (χ3v) is 8.85. The number of aliphatic carboxylic acids is 1. The summed E-state index contributed by atoms with van der Waals surface area (Å²) in [5.74, 6) is 1.35. The second kappa shape index (κ2) is 10.7. The Labute approximate surface area is 218 Å². The Balaban J connectivity index is 1.33. The average molecular weight is 502 g/mol. The second-order valence-electron chi connectivity index (χ2n) is 10.5. The molecule has 1 fully saturated rings. The molecule has 0 saturated heterocycles. The molecule has 0 radical (unpaired) electrons. The van der Waals surface area contributed by atoms with Crippen molar-refractivity contribution in [1.82, 2.24) is 4.98 Å². The van der Waals surface area contributed by atoms with Gasteiger partial charge in [0.2, 0.25) is 5.88 Å². The highest BCUT2D eigenvalue weighted by atomic mass is 32.2. The Hall–Kier alpha value is -2.79. The van der Waals surface area contributed by atoms with Gasteiger partial charge in [0, 0.05) is 28.8 Å². The van der Waals surface area contributed by atoms with E-state index in [1.807, 2.05) is 6.07 Å². The van der Waals surface area contributed by atoms with Crippen LogP contribution in [0, 0.1) is 20.8 Å². The quantitative estimate of drug-likeness (QED) is 0.356. The van der Waals surface area contributed by atoms with Crippen LogP contribution in [0.2, 0.25) is 0 Å². The summed E-state index contributed by atoms with van der Waals surface area (Å²) in [6.45, 7) is 7.08. The highest BCUT2D eigenvalue weighted by Crippen LogP contribution is 2.42. The van der Waals surface area contributed by atoms with Crippen molar-refractivity contribution in [3.05, 3.63) is 76.0 Å². The number of carboxylic acid groups (broad SMARTS) is 1. The van der Waals surface area contributed by atoms with E-state index in [-0.39, 0.29) is 12.3 Å². The fourth-order valence-electron chi connectivity index (χ4n) is 5.97. The van der Waals surface area contributed by atoms with E-state index in [1.54, 1.807) is 18.0 Å². The van der Waals surface area contributed by atoms with Gasteiger partial charge in [-0.25, -0.2) is 4.98 Å². The van der Waals surface area contributed by atoms with Gasteiger partial charge in [-0.05, 0) is 84.5 Å². The van der Waals surface area contributed by atoms with E-state index in [4.69, 9.17) is 9.84 Å². The van der Waals surface area contributed by atoms with E-state index in [1.165, 1.54) is 65.5 Å². The van der Waals surface area contributed by atoms with Crippen LogP contribution in [-0.4, -0.2) is 21.8 Å². The van der Waals surface area contributed by atoms with Crippen LogP contribution in [0.4, 0.5) is 0 Å². The topological polar surface area (TPSA) is 59.4 Å². The predicted octanol–water partition coefficient (Wildman–Crippen LogP) is 7.96. The number of carboxylic acids is 1. The maximum atomic E-state index is 11.1. The van der Waals surface area contributed by atoms with Crippen LogP contribution < -0.4 is 4.74 Å². The van der Waals surface area contributed by atoms with E-state index in [2.05, 4.69) is 56.1 Å². The van der Waals surface area contributed by atoms with Gasteiger partial charge in [-0.3, -0.25) is 4.79 Å². The lowest BCUT2D eigenvalue weighted by Gasteiger charge is -2.24. The Morgan fingerprint density at radius 2 is 1.78 bits per heavy atom. The third-order valence-electron chi connectivity index (χ3n) is 7.61. The molecule has 5 heteroatoms. The summed E-state index contributed by atoms with van der Waals surface area (Å²) in [5, 5.41) is 9.14. The Kier molecular flexibility index (Phi) is 7.38. The summed E-state index contributed by atoms with van der Waals surface area (Å²) in [7, 11) is 0. The van der Waals surface area contributed by atoms with Crippen LogP contribution >= 0.6 is 11.8 Å². The molecule has 2 aliphatic rings. The first kappa shape index (κ1) is 24.9. The summed E-state index contributed by atoms with van der Waals surface area (Å²) in [6, 6.07) is 13.5. The standard InChI is InChI=1S/C31H35NO3S/c1-19-9-22(17-35-29-15-28-27(16-32-29)26(18-36-28)14-30(33)34)13-25(10-19)31-20(2)11-24(12-21(31)3)23-7-5-4-6-8-23/h9-13,15-16,23,26H,4-8,14,17-18H2,1-3H3,(H,33,34). The number of carbonyl (C=O) groups is 1. The van der Waals surface area contributed by atoms with Crippen molar-refractivity contribution in [2.45, 2.75) is 82.6 Å². The van der Waals surface area contributed by atoms with Gasteiger partial charge in [-0.1, -0.05) is 49.1 Å². The highest BCUT2D eigenvalue weighted by Gasteiger charge is 2.26. The molecule has 36 heavy (non-hydrogen) atoms. The van der Waals surface area contributed by atoms with E-state index >= 15 is 0 Å². The first-order valence-electron chi connectivity index (χ1n) is 13.1. The predicted molar refractivity (Wildman–Crippen MR) is 146 cm³/mol. The number of thioether (sulfide) groups is 1. The van der Waals surface area contributed by atoms with Crippen molar-refractivity contribution in [3.63, 3.8) is 0 Å². The molecule has 1 aliphatic carbocycles.